The van der Waals surface area contributed by atoms with E-state index in [-0.39, 0.29) is 6.10 Å². The van der Waals surface area contributed by atoms with E-state index in [4.69, 9.17) is 5.11 Å². The second-order valence-electron chi connectivity index (χ2n) is 3.24. The fraction of sp³-hybridized carbons (Fsp3) is 1.00. The van der Waals surface area contributed by atoms with Crippen molar-refractivity contribution in [3.05, 3.63) is 0 Å². The molecule has 0 spiro atoms. The zero-order chi connectivity index (χ0) is 8.10. The first-order valence-electron chi connectivity index (χ1n) is 4.25. The molecule has 1 saturated heterocycles. The minimum absolute atomic E-state index is 0.205. The third-order valence-corrected chi connectivity index (χ3v) is 3.13. The van der Waals surface area contributed by atoms with E-state index in [1.807, 2.05) is 18.7 Å². The Morgan fingerprint density at radius 3 is 3.09 bits per heavy atom. The summed E-state index contributed by atoms with van der Waals surface area (Å²) in [5.74, 6) is 3.46. The van der Waals surface area contributed by atoms with Crippen molar-refractivity contribution >= 4 is 11.8 Å². The maximum absolute atomic E-state index is 8.96. The Morgan fingerprint density at radius 2 is 2.55 bits per heavy atom. The van der Waals surface area contributed by atoms with Crippen molar-refractivity contribution in [1.29, 1.82) is 0 Å². The van der Waals surface area contributed by atoms with Gasteiger partial charge in [-0.05, 0) is 37.3 Å². The Labute approximate surface area is 72.8 Å². The molecular formula is C8H17NOS. The summed E-state index contributed by atoms with van der Waals surface area (Å²) in [6.45, 7) is 3.63. The monoisotopic (exact) mass is 175 g/mol. The van der Waals surface area contributed by atoms with Gasteiger partial charge in [-0.15, -0.1) is 0 Å². The molecule has 0 aliphatic carbocycles. The first-order chi connectivity index (χ1) is 5.29. The van der Waals surface area contributed by atoms with Crippen molar-refractivity contribution in [1.82, 2.24) is 5.32 Å². The molecule has 0 saturated carbocycles. The highest BCUT2D eigenvalue weighted by atomic mass is 32.2. The van der Waals surface area contributed by atoms with Crippen LogP contribution in [0.1, 0.15) is 13.3 Å². The van der Waals surface area contributed by atoms with E-state index in [2.05, 4.69) is 5.32 Å². The van der Waals surface area contributed by atoms with Crippen LogP contribution in [0.25, 0.3) is 0 Å². The summed E-state index contributed by atoms with van der Waals surface area (Å²) in [6.07, 6.45) is 1.14. The lowest BCUT2D eigenvalue weighted by molar-refractivity contribution is 0.189. The number of thioether (sulfide) groups is 1. The normalized spacial score (nSPS) is 27.3. The van der Waals surface area contributed by atoms with Gasteiger partial charge >= 0.3 is 0 Å². The molecule has 1 heterocycles. The average Bonchev–Trinajstić information content (AvgIpc) is 2.39. The minimum Gasteiger partial charge on any atom is -0.392 e. The molecule has 2 atom stereocenters. The molecule has 1 aliphatic rings. The molecule has 11 heavy (non-hydrogen) atoms. The van der Waals surface area contributed by atoms with Crippen molar-refractivity contribution in [3.8, 4) is 0 Å². The zero-order valence-corrected chi connectivity index (χ0v) is 7.86. The van der Waals surface area contributed by atoms with E-state index < -0.39 is 0 Å². The van der Waals surface area contributed by atoms with E-state index in [9.17, 15) is 0 Å². The van der Waals surface area contributed by atoms with Gasteiger partial charge in [0, 0.05) is 6.54 Å². The highest BCUT2D eigenvalue weighted by Gasteiger charge is 2.14. The first-order valence-corrected chi connectivity index (χ1v) is 5.41. The molecule has 2 N–H and O–H groups in total. The second kappa shape index (κ2) is 5.01. The van der Waals surface area contributed by atoms with Gasteiger partial charge in [0.15, 0.2) is 0 Å². The van der Waals surface area contributed by atoms with E-state index >= 15 is 0 Å². The van der Waals surface area contributed by atoms with Gasteiger partial charge in [0.05, 0.1) is 6.10 Å². The van der Waals surface area contributed by atoms with Crippen molar-refractivity contribution in [2.75, 3.05) is 24.6 Å². The lowest BCUT2D eigenvalue weighted by Crippen LogP contribution is -2.29. The van der Waals surface area contributed by atoms with Crippen LogP contribution in [0.5, 0.6) is 0 Å². The summed E-state index contributed by atoms with van der Waals surface area (Å²) < 4.78 is 0. The number of rotatable bonds is 4. The second-order valence-corrected chi connectivity index (χ2v) is 4.39. The molecule has 2 nitrogen and oxygen atoms in total. The summed E-state index contributed by atoms with van der Waals surface area (Å²) in [6, 6.07) is 0. The van der Waals surface area contributed by atoms with Crippen molar-refractivity contribution in [2.45, 2.75) is 19.4 Å². The Bertz CT molecular complexity index is 102. The van der Waals surface area contributed by atoms with Gasteiger partial charge in [-0.2, -0.15) is 11.8 Å². The number of hydrogen-bond donors (Lipinski definition) is 2. The molecule has 1 unspecified atom stereocenters. The predicted molar refractivity (Wildman–Crippen MR) is 50.0 cm³/mol. The van der Waals surface area contributed by atoms with Gasteiger partial charge in [-0.25, -0.2) is 0 Å². The summed E-state index contributed by atoms with van der Waals surface area (Å²) in [7, 11) is 0. The number of nitrogens with one attached hydrogen (secondary N) is 1. The fourth-order valence-electron chi connectivity index (χ4n) is 1.24. The van der Waals surface area contributed by atoms with Crippen molar-refractivity contribution in [3.63, 3.8) is 0 Å². The average molecular weight is 175 g/mol. The smallest absolute Gasteiger partial charge is 0.0636 e. The highest BCUT2D eigenvalue weighted by Crippen LogP contribution is 2.22. The SMILES string of the molecule is C[C@@H](O)CNCC1CCSC1. The van der Waals surface area contributed by atoms with E-state index in [1.165, 1.54) is 17.9 Å². The lowest BCUT2D eigenvalue weighted by atomic mass is 10.1. The number of aliphatic hydroxyl groups excluding tert-OH is 1. The quantitative estimate of drug-likeness (QED) is 0.660. The van der Waals surface area contributed by atoms with Crippen LogP contribution in [-0.4, -0.2) is 35.8 Å². The van der Waals surface area contributed by atoms with Gasteiger partial charge in [0.2, 0.25) is 0 Å². The van der Waals surface area contributed by atoms with Gasteiger partial charge < -0.3 is 10.4 Å². The van der Waals surface area contributed by atoms with E-state index in [0.717, 1.165) is 19.0 Å². The molecule has 0 aromatic carbocycles. The zero-order valence-electron chi connectivity index (χ0n) is 7.05. The van der Waals surface area contributed by atoms with Crippen molar-refractivity contribution < 1.29 is 5.11 Å². The summed E-state index contributed by atoms with van der Waals surface area (Å²) in [4.78, 5) is 0. The third kappa shape index (κ3) is 3.99. The highest BCUT2D eigenvalue weighted by molar-refractivity contribution is 7.99. The Morgan fingerprint density at radius 1 is 1.73 bits per heavy atom. The summed E-state index contributed by atoms with van der Waals surface area (Å²) >= 11 is 2.04. The fourth-order valence-corrected chi connectivity index (χ4v) is 2.53. The van der Waals surface area contributed by atoms with Crippen LogP contribution >= 0.6 is 11.8 Å². The standard InChI is InChI=1S/C8H17NOS/c1-7(10)4-9-5-8-2-3-11-6-8/h7-10H,2-6H2,1H3/t7-,8?/m1/s1. The van der Waals surface area contributed by atoms with Gasteiger partial charge in [0.25, 0.3) is 0 Å². The van der Waals surface area contributed by atoms with Crippen molar-refractivity contribution in [2.24, 2.45) is 5.92 Å². The number of aliphatic hydroxyl groups is 1. The molecule has 1 fully saturated rings. The number of hydrogen-bond acceptors (Lipinski definition) is 3. The Balaban J connectivity index is 1.94. The Hall–Kier alpha value is 0.270. The predicted octanol–water partition coefficient (Wildman–Crippen LogP) is 0.710. The minimum atomic E-state index is -0.205. The van der Waals surface area contributed by atoms with Gasteiger partial charge in [-0.1, -0.05) is 0 Å². The molecule has 0 radical (unpaired) electrons. The molecule has 0 amide bonds. The molecule has 1 rings (SSSR count). The topological polar surface area (TPSA) is 32.3 Å². The van der Waals surface area contributed by atoms with Gasteiger partial charge in [-0.3, -0.25) is 0 Å². The molecule has 66 valence electrons. The van der Waals surface area contributed by atoms with Crippen LogP contribution in [0.15, 0.2) is 0 Å². The molecular weight excluding hydrogens is 158 g/mol. The summed E-state index contributed by atoms with van der Waals surface area (Å²) in [5.41, 5.74) is 0. The molecule has 3 heteroatoms. The van der Waals surface area contributed by atoms with Crippen LogP contribution in [0, 0.1) is 5.92 Å². The van der Waals surface area contributed by atoms with Crippen LogP contribution < -0.4 is 5.32 Å². The van der Waals surface area contributed by atoms with E-state index in [0.29, 0.717) is 0 Å². The molecule has 1 aliphatic heterocycles. The third-order valence-electron chi connectivity index (χ3n) is 1.90. The van der Waals surface area contributed by atoms with Crippen LogP contribution in [0.2, 0.25) is 0 Å². The lowest BCUT2D eigenvalue weighted by Gasteiger charge is -2.10. The molecule has 0 aromatic rings. The van der Waals surface area contributed by atoms with Crippen LogP contribution in [0.4, 0.5) is 0 Å². The van der Waals surface area contributed by atoms with Gasteiger partial charge in [0.1, 0.15) is 0 Å². The largest absolute Gasteiger partial charge is 0.392 e. The Kier molecular flexibility index (Phi) is 4.26. The van der Waals surface area contributed by atoms with E-state index in [1.54, 1.807) is 0 Å². The maximum Gasteiger partial charge on any atom is 0.0636 e. The molecule has 0 bridgehead atoms. The van der Waals surface area contributed by atoms with Crippen LogP contribution in [-0.2, 0) is 0 Å². The first kappa shape index (κ1) is 9.36. The van der Waals surface area contributed by atoms with Crippen LogP contribution in [0.3, 0.4) is 0 Å². The molecule has 0 aromatic heterocycles. The summed E-state index contributed by atoms with van der Waals surface area (Å²) in [5, 5.41) is 12.2. The maximum atomic E-state index is 8.96.